The van der Waals surface area contributed by atoms with Crippen molar-refractivity contribution in [2.75, 3.05) is 0 Å². The highest BCUT2D eigenvalue weighted by molar-refractivity contribution is 6.52. The molecule has 4 aromatic rings. The molecule has 0 saturated heterocycles. The van der Waals surface area contributed by atoms with Gasteiger partial charge in [0.25, 0.3) is 0 Å². The smallest absolute Gasteiger partial charge is 0.318 e. The average molecular weight is 724 g/mol. The number of Topliss-reactive ketones (excluding diaryl/α,β-unsaturated/α-hetero) is 1. The van der Waals surface area contributed by atoms with Crippen LogP contribution in [0.15, 0.2) is 114 Å². The summed E-state index contributed by atoms with van der Waals surface area (Å²) in [5, 5.41) is 3.77. The van der Waals surface area contributed by atoms with Gasteiger partial charge >= 0.3 is 18.3 Å². The summed E-state index contributed by atoms with van der Waals surface area (Å²) in [6, 6.07) is 22.9. The van der Waals surface area contributed by atoms with Gasteiger partial charge in [-0.2, -0.15) is 8.78 Å². The van der Waals surface area contributed by atoms with E-state index >= 15 is 8.78 Å². The van der Waals surface area contributed by atoms with Crippen LogP contribution in [0.3, 0.4) is 0 Å². The maximum absolute atomic E-state index is 15.1. The molecule has 0 atom stereocenters. The first kappa shape index (κ1) is 38.8. The third-order valence-corrected chi connectivity index (χ3v) is 9.54. The maximum Gasteiger partial charge on any atom is 0.334 e. The van der Waals surface area contributed by atoms with Crippen molar-refractivity contribution in [3.8, 4) is 11.1 Å². The number of ketones is 2. The van der Waals surface area contributed by atoms with E-state index in [4.69, 9.17) is 4.84 Å². The molecule has 1 aliphatic rings. The molecule has 0 unspecified atom stereocenters. The van der Waals surface area contributed by atoms with Gasteiger partial charge in [-0.15, -0.1) is 0 Å². The maximum atomic E-state index is 15.1. The van der Waals surface area contributed by atoms with Crippen LogP contribution >= 0.6 is 0 Å². The summed E-state index contributed by atoms with van der Waals surface area (Å²) >= 11 is 0. The Bertz CT molecular complexity index is 2080. The number of aryl methyl sites for hydroxylation is 1. The molecule has 0 N–H and O–H groups in total. The lowest BCUT2D eigenvalue weighted by atomic mass is 9.71. The third-order valence-electron chi connectivity index (χ3n) is 9.54. The SMILES string of the molecule is CC/C=C\CC1(C/C=C\CC)c2cc(C(=O)/C(=N/OC(=O)CC)c3c(C)cccc3C(F)(F)C(F)F)ccc2-c2ccc(C(=O)c3ccccc3)cc21. The molecule has 5 rings (SSSR count). The normalized spacial score (nSPS) is 13.8. The topological polar surface area (TPSA) is 72.8 Å². The molecule has 53 heavy (non-hydrogen) atoms. The van der Waals surface area contributed by atoms with Crippen LogP contribution in [0.5, 0.6) is 0 Å². The fourth-order valence-corrected chi connectivity index (χ4v) is 6.84. The van der Waals surface area contributed by atoms with Gasteiger partial charge in [-0.25, -0.2) is 13.6 Å². The van der Waals surface area contributed by atoms with Gasteiger partial charge in [0.1, 0.15) is 0 Å². The second-order valence-corrected chi connectivity index (χ2v) is 13.0. The molecule has 0 aliphatic heterocycles. The number of nitrogens with zero attached hydrogens (tertiary/aromatic N) is 1. The fourth-order valence-electron chi connectivity index (χ4n) is 6.84. The molecule has 0 saturated carbocycles. The number of hydrogen-bond acceptors (Lipinski definition) is 5. The second kappa shape index (κ2) is 16.5. The molecule has 9 heteroatoms. The second-order valence-electron chi connectivity index (χ2n) is 13.0. The van der Waals surface area contributed by atoms with E-state index in [0.29, 0.717) is 24.0 Å². The molecule has 5 nitrogen and oxygen atoms in total. The fraction of sp³-hybridized carbons (Fsp3) is 0.273. The van der Waals surface area contributed by atoms with Crippen LogP contribution in [0.1, 0.15) is 107 Å². The quantitative estimate of drug-likeness (QED) is 0.0306. The van der Waals surface area contributed by atoms with Gasteiger partial charge in [0.05, 0.1) is 0 Å². The summed E-state index contributed by atoms with van der Waals surface area (Å²) < 4.78 is 57.7. The van der Waals surface area contributed by atoms with E-state index in [1.807, 2.05) is 44.2 Å². The zero-order chi connectivity index (χ0) is 38.3. The van der Waals surface area contributed by atoms with Crippen molar-refractivity contribution < 1.29 is 36.8 Å². The van der Waals surface area contributed by atoms with E-state index in [-0.39, 0.29) is 23.3 Å². The predicted octanol–water partition coefficient (Wildman–Crippen LogP) is 11.1. The molecule has 4 aromatic carbocycles. The number of allylic oxidation sites excluding steroid dienone is 4. The van der Waals surface area contributed by atoms with Crippen molar-refractivity contribution in [2.24, 2.45) is 5.16 Å². The average Bonchev–Trinajstić information content (AvgIpc) is 3.43. The van der Waals surface area contributed by atoms with Gasteiger partial charge in [0, 0.05) is 39.7 Å². The highest BCUT2D eigenvalue weighted by Gasteiger charge is 2.46. The van der Waals surface area contributed by atoms with E-state index in [1.165, 1.54) is 32.0 Å². The van der Waals surface area contributed by atoms with E-state index < -0.39 is 46.4 Å². The van der Waals surface area contributed by atoms with Crippen LogP contribution < -0.4 is 0 Å². The van der Waals surface area contributed by atoms with Gasteiger partial charge < -0.3 is 4.84 Å². The molecule has 0 aromatic heterocycles. The van der Waals surface area contributed by atoms with Crippen molar-refractivity contribution >= 4 is 23.2 Å². The van der Waals surface area contributed by atoms with Crippen molar-refractivity contribution in [1.82, 2.24) is 0 Å². The van der Waals surface area contributed by atoms with Gasteiger partial charge in [0.15, 0.2) is 11.5 Å². The number of oxime groups is 1. The summed E-state index contributed by atoms with van der Waals surface area (Å²) in [6.07, 6.45) is 6.60. The minimum atomic E-state index is -4.64. The summed E-state index contributed by atoms with van der Waals surface area (Å²) in [4.78, 5) is 45.4. The first-order valence-corrected chi connectivity index (χ1v) is 17.7. The zero-order valence-corrected chi connectivity index (χ0v) is 30.1. The van der Waals surface area contributed by atoms with Crippen LogP contribution in [0.4, 0.5) is 17.6 Å². The number of rotatable bonds is 15. The molecule has 0 bridgehead atoms. The first-order valence-electron chi connectivity index (χ1n) is 17.7. The lowest BCUT2D eigenvalue weighted by Gasteiger charge is -2.31. The van der Waals surface area contributed by atoms with E-state index in [0.717, 1.165) is 41.2 Å². The van der Waals surface area contributed by atoms with Crippen LogP contribution in [0, 0.1) is 6.92 Å². The number of benzene rings is 4. The van der Waals surface area contributed by atoms with Crippen molar-refractivity contribution in [3.05, 3.63) is 154 Å². The van der Waals surface area contributed by atoms with E-state index in [1.54, 1.807) is 42.5 Å². The predicted molar refractivity (Wildman–Crippen MR) is 199 cm³/mol. The van der Waals surface area contributed by atoms with E-state index in [2.05, 4.69) is 17.3 Å². The molecular formula is C44H41F4NO4. The Morgan fingerprint density at radius 1 is 0.755 bits per heavy atom. The van der Waals surface area contributed by atoms with Gasteiger partial charge in [-0.3, -0.25) is 9.59 Å². The molecule has 274 valence electrons. The van der Waals surface area contributed by atoms with Crippen LogP contribution in [-0.2, 0) is 21.0 Å². The van der Waals surface area contributed by atoms with Gasteiger partial charge in [-0.05, 0) is 72.6 Å². The lowest BCUT2D eigenvalue weighted by molar-refractivity contribution is -0.143. The first-order chi connectivity index (χ1) is 25.4. The summed E-state index contributed by atoms with van der Waals surface area (Å²) in [5.74, 6) is -6.52. The van der Waals surface area contributed by atoms with Crippen molar-refractivity contribution in [1.29, 1.82) is 0 Å². The van der Waals surface area contributed by atoms with E-state index in [9.17, 15) is 23.2 Å². The Labute approximate surface area is 307 Å². The Kier molecular flexibility index (Phi) is 12.1. The Hall–Kier alpha value is -5.44. The number of halogens is 4. The van der Waals surface area contributed by atoms with Crippen molar-refractivity contribution in [2.45, 2.75) is 77.6 Å². The number of carbonyl (C=O) groups excluding carboxylic acids is 3. The van der Waals surface area contributed by atoms with Crippen molar-refractivity contribution in [3.63, 3.8) is 0 Å². The van der Waals surface area contributed by atoms with Gasteiger partial charge in [0.2, 0.25) is 5.78 Å². The summed E-state index contributed by atoms with van der Waals surface area (Å²) in [5.41, 5.74) is 1.38. The summed E-state index contributed by atoms with van der Waals surface area (Å²) in [7, 11) is 0. The monoisotopic (exact) mass is 723 g/mol. The lowest BCUT2D eigenvalue weighted by Crippen LogP contribution is -2.30. The number of alkyl halides is 4. The molecule has 0 radical (unpaired) electrons. The number of hydrogen-bond donors (Lipinski definition) is 0. The molecule has 1 aliphatic carbocycles. The minimum absolute atomic E-state index is 0.0290. The number of carbonyl (C=O) groups is 3. The Balaban J connectivity index is 1.73. The molecule has 0 heterocycles. The molecule has 0 fully saturated rings. The van der Waals surface area contributed by atoms with Gasteiger partial charge in [-0.1, -0.05) is 123 Å². The van der Waals surface area contributed by atoms with Crippen LogP contribution in [0.2, 0.25) is 0 Å². The largest absolute Gasteiger partial charge is 0.334 e. The third kappa shape index (κ3) is 7.70. The Morgan fingerprint density at radius 2 is 1.34 bits per heavy atom. The Morgan fingerprint density at radius 3 is 1.91 bits per heavy atom. The highest BCUT2D eigenvalue weighted by Crippen LogP contribution is 2.54. The van der Waals surface area contributed by atoms with Crippen LogP contribution in [0.25, 0.3) is 11.1 Å². The molecular weight excluding hydrogens is 682 g/mol. The van der Waals surface area contributed by atoms with Crippen LogP contribution in [-0.4, -0.2) is 29.7 Å². The standard InChI is InChI=1S/C44H41F4NO4/c1-5-8-13-24-43(25-14-9-6-2)35-26-30(40(51)29-17-11-10-12-18-29)20-22-32(35)33-23-21-31(27-36(33)43)41(52)39(49-53-37(50)7-3)38-28(4)16-15-19-34(38)44(47,48)42(45)46/h8-23,26-27,42H,5-7,24-25H2,1-4H3/b13-8-,14-9-,49-39+. The molecule has 0 amide bonds. The zero-order valence-electron chi connectivity index (χ0n) is 30.1. The minimum Gasteiger partial charge on any atom is -0.318 e. The summed E-state index contributed by atoms with van der Waals surface area (Å²) in [6.45, 7) is 6.92. The molecule has 0 spiro atoms. The highest BCUT2D eigenvalue weighted by atomic mass is 19.3. The number of fused-ring (bicyclic) bond motifs is 3.